The minimum Gasteiger partial charge on any atom is -0.345 e. The predicted molar refractivity (Wildman–Crippen MR) is 64.6 cm³/mol. The number of carbonyl (C=O) groups is 1. The van der Waals surface area contributed by atoms with Gasteiger partial charge in [0, 0.05) is 19.0 Å². The van der Waals surface area contributed by atoms with Crippen molar-refractivity contribution in [2.45, 2.75) is 46.5 Å². The molecule has 3 heteroatoms. The Labute approximate surface area is 94.0 Å². The van der Waals surface area contributed by atoms with Crippen LogP contribution in [0.3, 0.4) is 0 Å². The van der Waals surface area contributed by atoms with Gasteiger partial charge in [-0.05, 0) is 19.4 Å². The Morgan fingerprint density at radius 2 is 1.93 bits per heavy atom. The molecule has 0 atom stereocenters. The van der Waals surface area contributed by atoms with Gasteiger partial charge in [-0.2, -0.15) is 0 Å². The van der Waals surface area contributed by atoms with Gasteiger partial charge in [-0.25, -0.2) is 0 Å². The largest absolute Gasteiger partial charge is 0.345 e. The summed E-state index contributed by atoms with van der Waals surface area (Å²) in [5.74, 6) is 0.212. The summed E-state index contributed by atoms with van der Waals surface area (Å²) in [6.45, 7) is 7.54. The maximum atomic E-state index is 12.0. The van der Waals surface area contributed by atoms with E-state index in [1.54, 1.807) is 0 Å². The third-order valence-electron chi connectivity index (χ3n) is 2.79. The lowest BCUT2D eigenvalue weighted by atomic mass is 9.87. The van der Waals surface area contributed by atoms with Crippen molar-refractivity contribution in [1.82, 2.24) is 4.90 Å². The van der Waals surface area contributed by atoms with E-state index in [1.165, 1.54) is 12.8 Å². The van der Waals surface area contributed by atoms with Gasteiger partial charge in [0.15, 0.2) is 0 Å². The molecule has 0 aromatic heterocycles. The predicted octanol–water partition coefficient (Wildman–Crippen LogP) is 2.01. The van der Waals surface area contributed by atoms with Crippen molar-refractivity contribution in [2.24, 2.45) is 11.1 Å². The molecule has 0 aromatic carbocycles. The SMILES string of the molecule is CCCCCN(C)C(=O)C(C)(C)CCN. The molecule has 0 aromatic rings. The number of nitrogens with two attached hydrogens (primary N) is 1. The lowest BCUT2D eigenvalue weighted by Crippen LogP contribution is -2.40. The summed E-state index contributed by atoms with van der Waals surface area (Å²) >= 11 is 0. The van der Waals surface area contributed by atoms with Crippen LogP contribution in [0.4, 0.5) is 0 Å². The molecule has 0 aliphatic rings. The summed E-state index contributed by atoms with van der Waals surface area (Å²) in [6.07, 6.45) is 4.23. The average molecular weight is 214 g/mol. The quantitative estimate of drug-likeness (QED) is 0.659. The van der Waals surface area contributed by atoms with Gasteiger partial charge < -0.3 is 10.6 Å². The van der Waals surface area contributed by atoms with Crippen LogP contribution in [-0.4, -0.2) is 30.9 Å². The molecule has 1 amide bonds. The van der Waals surface area contributed by atoms with Gasteiger partial charge in [-0.15, -0.1) is 0 Å². The summed E-state index contributed by atoms with van der Waals surface area (Å²) in [5, 5.41) is 0. The van der Waals surface area contributed by atoms with Crippen LogP contribution in [-0.2, 0) is 4.79 Å². The van der Waals surface area contributed by atoms with Crippen molar-refractivity contribution in [3.63, 3.8) is 0 Å². The van der Waals surface area contributed by atoms with E-state index >= 15 is 0 Å². The molecule has 3 nitrogen and oxygen atoms in total. The summed E-state index contributed by atoms with van der Waals surface area (Å²) in [5.41, 5.74) is 5.19. The summed E-state index contributed by atoms with van der Waals surface area (Å²) in [7, 11) is 1.89. The second-order valence-electron chi connectivity index (χ2n) is 4.86. The molecule has 0 aliphatic carbocycles. The van der Waals surface area contributed by atoms with Crippen LogP contribution in [0.15, 0.2) is 0 Å². The lowest BCUT2D eigenvalue weighted by molar-refractivity contribution is -0.139. The van der Waals surface area contributed by atoms with Crippen molar-refractivity contribution in [2.75, 3.05) is 20.1 Å². The first-order valence-corrected chi connectivity index (χ1v) is 5.91. The highest BCUT2D eigenvalue weighted by Gasteiger charge is 2.29. The first-order chi connectivity index (χ1) is 6.95. The highest BCUT2D eigenvalue weighted by molar-refractivity contribution is 5.81. The topological polar surface area (TPSA) is 46.3 Å². The van der Waals surface area contributed by atoms with Crippen LogP contribution in [0.25, 0.3) is 0 Å². The second-order valence-corrected chi connectivity index (χ2v) is 4.86. The minimum atomic E-state index is -0.310. The number of nitrogens with zero attached hydrogens (tertiary/aromatic N) is 1. The average Bonchev–Trinajstić information content (AvgIpc) is 2.16. The van der Waals surface area contributed by atoms with E-state index in [0.717, 1.165) is 19.4 Å². The van der Waals surface area contributed by atoms with Crippen LogP contribution >= 0.6 is 0 Å². The molecule has 0 unspecified atom stereocenters. The van der Waals surface area contributed by atoms with E-state index in [9.17, 15) is 4.79 Å². The first kappa shape index (κ1) is 14.4. The summed E-state index contributed by atoms with van der Waals surface area (Å²) < 4.78 is 0. The van der Waals surface area contributed by atoms with Crippen molar-refractivity contribution < 1.29 is 4.79 Å². The first-order valence-electron chi connectivity index (χ1n) is 5.91. The molecule has 2 N–H and O–H groups in total. The summed E-state index contributed by atoms with van der Waals surface area (Å²) in [6, 6.07) is 0. The molecule has 90 valence electrons. The molecule has 15 heavy (non-hydrogen) atoms. The second kappa shape index (κ2) is 6.83. The monoisotopic (exact) mass is 214 g/mol. The van der Waals surface area contributed by atoms with Gasteiger partial charge in [-0.3, -0.25) is 4.79 Å². The van der Waals surface area contributed by atoms with Gasteiger partial charge in [0.05, 0.1) is 0 Å². The highest BCUT2D eigenvalue weighted by Crippen LogP contribution is 2.22. The van der Waals surface area contributed by atoms with Crippen LogP contribution in [0.1, 0.15) is 46.5 Å². The fourth-order valence-electron chi connectivity index (χ4n) is 1.68. The third-order valence-corrected chi connectivity index (χ3v) is 2.79. The molecule has 0 bridgehead atoms. The Morgan fingerprint density at radius 3 is 2.40 bits per heavy atom. The molecular weight excluding hydrogens is 188 g/mol. The van der Waals surface area contributed by atoms with Crippen LogP contribution in [0, 0.1) is 5.41 Å². The zero-order chi connectivity index (χ0) is 11.9. The normalized spacial score (nSPS) is 11.5. The maximum Gasteiger partial charge on any atom is 0.228 e. The minimum absolute atomic E-state index is 0.212. The van der Waals surface area contributed by atoms with Gasteiger partial charge in [0.2, 0.25) is 5.91 Å². The lowest BCUT2D eigenvalue weighted by Gasteiger charge is -2.29. The van der Waals surface area contributed by atoms with Gasteiger partial charge in [-0.1, -0.05) is 33.6 Å². The Kier molecular flexibility index (Phi) is 6.57. The maximum absolute atomic E-state index is 12.0. The molecule has 0 fully saturated rings. The number of hydrogen-bond donors (Lipinski definition) is 1. The Bertz CT molecular complexity index is 190. The van der Waals surface area contributed by atoms with Crippen molar-refractivity contribution in [3.8, 4) is 0 Å². The van der Waals surface area contributed by atoms with Crippen molar-refractivity contribution in [1.29, 1.82) is 0 Å². The molecule has 0 aliphatic heterocycles. The number of amides is 1. The number of hydrogen-bond acceptors (Lipinski definition) is 2. The highest BCUT2D eigenvalue weighted by atomic mass is 16.2. The van der Waals surface area contributed by atoms with E-state index < -0.39 is 0 Å². The van der Waals surface area contributed by atoms with Crippen LogP contribution in [0.2, 0.25) is 0 Å². The fraction of sp³-hybridized carbons (Fsp3) is 0.917. The molecule has 0 radical (unpaired) electrons. The molecule has 0 heterocycles. The van der Waals surface area contributed by atoms with Crippen LogP contribution < -0.4 is 5.73 Å². The van der Waals surface area contributed by atoms with E-state index in [4.69, 9.17) is 5.73 Å². The Morgan fingerprint density at radius 1 is 1.33 bits per heavy atom. The zero-order valence-corrected chi connectivity index (χ0v) is 10.7. The van der Waals surface area contributed by atoms with E-state index in [0.29, 0.717) is 6.54 Å². The van der Waals surface area contributed by atoms with E-state index in [-0.39, 0.29) is 11.3 Å². The molecule has 0 spiro atoms. The number of unbranched alkanes of at least 4 members (excludes halogenated alkanes) is 2. The molecule has 0 saturated carbocycles. The van der Waals surface area contributed by atoms with Crippen molar-refractivity contribution >= 4 is 5.91 Å². The molecular formula is C12H26N2O. The Hall–Kier alpha value is -0.570. The van der Waals surface area contributed by atoms with Gasteiger partial charge in [0.25, 0.3) is 0 Å². The van der Waals surface area contributed by atoms with Gasteiger partial charge in [0.1, 0.15) is 0 Å². The molecule has 0 rings (SSSR count). The summed E-state index contributed by atoms with van der Waals surface area (Å²) in [4.78, 5) is 13.9. The Balaban J connectivity index is 4.06. The van der Waals surface area contributed by atoms with Crippen LogP contribution in [0.5, 0.6) is 0 Å². The number of rotatable bonds is 7. The smallest absolute Gasteiger partial charge is 0.228 e. The third kappa shape index (κ3) is 5.17. The zero-order valence-electron chi connectivity index (χ0n) is 10.7. The standard InChI is InChI=1S/C12H26N2O/c1-5-6-7-10-14(4)11(15)12(2,3)8-9-13/h5-10,13H2,1-4H3. The molecule has 0 saturated heterocycles. The van der Waals surface area contributed by atoms with E-state index in [1.807, 2.05) is 25.8 Å². The van der Waals surface area contributed by atoms with Crippen molar-refractivity contribution in [3.05, 3.63) is 0 Å². The van der Waals surface area contributed by atoms with E-state index in [2.05, 4.69) is 6.92 Å². The number of carbonyl (C=O) groups excluding carboxylic acids is 1. The fourth-order valence-corrected chi connectivity index (χ4v) is 1.68. The van der Waals surface area contributed by atoms with Gasteiger partial charge >= 0.3 is 0 Å².